The van der Waals surface area contributed by atoms with Gasteiger partial charge in [0.25, 0.3) is 0 Å². The summed E-state index contributed by atoms with van der Waals surface area (Å²) in [7, 11) is 0. The summed E-state index contributed by atoms with van der Waals surface area (Å²) >= 11 is 13.0. The van der Waals surface area contributed by atoms with Crippen LogP contribution >= 0.6 is 35.0 Å². The Labute approximate surface area is 103 Å². The molecule has 0 N–H and O–H groups in total. The van der Waals surface area contributed by atoms with Gasteiger partial charge < -0.3 is 0 Å². The number of hydrogen-bond donors (Lipinski definition) is 0. The van der Waals surface area contributed by atoms with Crippen LogP contribution in [0.5, 0.6) is 0 Å². The van der Waals surface area contributed by atoms with Crippen molar-refractivity contribution in [3.05, 3.63) is 34.1 Å². The smallest absolute Gasteiger partial charge is 0.186 e. The molecule has 0 bridgehead atoms. The number of halogens is 2. The zero-order valence-corrected chi connectivity index (χ0v) is 10.4. The minimum Gasteiger partial charge on any atom is -0.288 e. The summed E-state index contributed by atoms with van der Waals surface area (Å²) in [5, 5.41) is 1.10. The molecule has 1 aromatic rings. The number of pyridine rings is 1. The predicted octanol–water partition coefficient (Wildman–Crippen LogP) is 3.68. The summed E-state index contributed by atoms with van der Waals surface area (Å²) in [5.41, 5.74) is 0.734. The van der Waals surface area contributed by atoms with E-state index in [1.54, 1.807) is 6.08 Å². The number of thioether (sulfide) groups is 1. The number of hydrogen-bond acceptors (Lipinski definition) is 3. The topological polar surface area (TPSA) is 30.0 Å². The van der Waals surface area contributed by atoms with Crippen LogP contribution in [-0.4, -0.2) is 15.9 Å². The Balaban J connectivity index is 2.67. The fraction of sp³-hybridized carbons (Fsp3) is 0.200. The summed E-state index contributed by atoms with van der Waals surface area (Å²) in [4.78, 5) is 14.5. The number of rotatable bonds is 3. The average Bonchev–Trinajstić information content (AvgIpc) is 2.15. The van der Waals surface area contributed by atoms with E-state index in [2.05, 4.69) is 4.98 Å². The van der Waals surface area contributed by atoms with Gasteiger partial charge in [0, 0.05) is 30.6 Å². The molecule has 0 unspecified atom stereocenters. The van der Waals surface area contributed by atoms with Crippen LogP contribution in [0.15, 0.2) is 18.5 Å². The molecule has 0 fully saturated rings. The van der Waals surface area contributed by atoms with Crippen molar-refractivity contribution in [3.8, 4) is 0 Å². The lowest BCUT2D eigenvalue weighted by atomic mass is 10.2. The van der Waals surface area contributed by atoms with Gasteiger partial charge in [-0.25, -0.2) is 0 Å². The highest BCUT2D eigenvalue weighted by atomic mass is 35.5. The van der Waals surface area contributed by atoms with Gasteiger partial charge in [-0.3, -0.25) is 9.78 Å². The van der Waals surface area contributed by atoms with Crippen LogP contribution in [0.3, 0.4) is 0 Å². The van der Waals surface area contributed by atoms with E-state index in [4.69, 9.17) is 23.2 Å². The van der Waals surface area contributed by atoms with Gasteiger partial charge >= 0.3 is 0 Å². The second-order valence-electron chi connectivity index (χ2n) is 2.72. The highest BCUT2D eigenvalue weighted by Gasteiger charge is 2.01. The molecule has 80 valence electrons. The van der Waals surface area contributed by atoms with Gasteiger partial charge in [-0.05, 0) is 0 Å². The van der Waals surface area contributed by atoms with E-state index in [9.17, 15) is 4.79 Å². The van der Waals surface area contributed by atoms with Gasteiger partial charge in [-0.2, -0.15) is 0 Å². The molecule has 0 saturated heterocycles. The Morgan fingerprint density at radius 1 is 1.47 bits per heavy atom. The van der Waals surface area contributed by atoms with Gasteiger partial charge in [0.2, 0.25) is 0 Å². The molecule has 15 heavy (non-hydrogen) atoms. The van der Waals surface area contributed by atoms with Crippen LogP contribution in [0.25, 0.3) is 6.08 Å². The van der Waals surface area contributed by atoms with Crippen LogP contribution in [0.2, 0.25) is 10.0 Å². The highest BCUT2D eigenvalue weighted by molar-refractivity contribution is 8.13. The molecular formula is C10H9Cl2NOS. The second-order valence-corrected chi connectivity index (χ2v) is 4.73. The van der Waals surface area contributed by atoms with Crippen LogP contribution in [0.1, 0.15) is 12.5 Å². The van der Waals surface area contributed by atoms with Crippen LogP contribution < -0.4 is 0 Å². The van der Waals surface area contributed by atoms with Gasteiger partial charge in [0.1, 0.15) is 0 Å². The minimum atomic E-state index is 0.0894. The molecule has 5 heteroatoms. The molecule has 0 aliphatic heterocycles. The summed E-state index contributed by atoms with van der Waals surface area (Å²) < 4.78 is 0. The van der Waals surface area contributed by atoms with E-state index >= 15 is 0 Å². The molecule has 0 spiro atoms. The lowest BCUT2D eigenvalue weighted by Gasteiger charge is -1.99. The third-order valence-electron chi connectivity index (χ3n) is 1.56. The van der Waals surface area contributed by atoms with E-state index in [1.807, 2.05) is 6.08 Å². The molecule has 0 amide bonds. The zero-order valence-electron chi connectivity index (χ0n) is 8.04. The van der Waals surface area contributed by atoms with Gasteiger partial charge in [-0.15, -0.1) is 0 Å². The van der Waals surface area contributed by atoms with Crippen molar-refractivity contribution >= 4 is 46.2 Å². The Hall–Kier alpha value is -0.510. The maximum Gasteiger partial charge on any atom is 0.186 e. The standard InChI is InChI=1S/C10H9Cl2NOS/c1-7(14)15-4-2-3-8-9(11)5-13-6-10(8)12/h2-3,5-6H,4H2,1H3. The molecule has 0 atom stereocenters. The largest absolute Gasteiger partial charge is 0.288 e. The summed E-state index contributed by atoms with van der Waals surface area (Å²) in [5.74, 6) is 0.615. The van der Waals surface area contributed by atoms with E-state index in [0.717, 1.165) is 5.56 Å². The zero-order chi connectivity index (χ0) is 11.3. The Kier molecular flexibility index (Phi) is 5.15. The number of carbonyl (C=O) groups is 1. The molecule has 0 aliphatic rings. The Bertz CT molecular complexity index is 373. The first-order valence-corrected chi connectivity index (χ1v) is 5.94. The SMILES string of the molecule is CC(=O)SCC=Cc1c(Cl)cncc1Cl. The fourth-order valence-electron chi connectivity index (χ4n) is 0.912. The molecule has 2 nitrogen and oxygen atoms in total. The van der Waals surface area contributed by atoms with Crippen LogP contribution in [-0.2, 0) is 4.79 Å². The maximum atomic E-state index is 10.7. The first kappa shape index (κ1) is 12.6. The third-order valence-corrected chi connectivity index (χ3v) is 2.93. The van der Waals surface area contributed by atoms with Crippen molar-refractivity contribution in [3.63, 3.8) is 0 Å². The first-order chi connectivity index (χ1) is 7.11. The second kappa shape index (κ2) is 6.16. The molecule has 0 radical (unpaired) electrons. The molecule has 1 heterocycles. The molecule has 0 aliphatic carbocycles. The summed E-state index contributed by atoms with van der Waals surface area (Å²) in [6, 6.07) is 0. The quantitative estimate of drug-likeness (QED) is 0.832. The fourth-order valence-corrected chi connectivity index (χ4v) is 1.83. The summed E-state index contributed by atoms with van der Waals surface area (Å²) in [6.45, 7) is 1.53. The van der Waals surface area contributed by atoms with Crippen molar-refractivity contribution < 1.29 is 4.79 Å². The predicted molar refractivity (Wildman–Crippen MR) is 66.4 cm³/mol. The van der Waals surface area contributed by atoms with E-state index in [-0.39, 0.29) is 5.12 Å². The van der Waals surface area contributed by atoms with Crippen LogP contribution in [0, 0.1) is 0 Å². The van der Waals surface area contributed by atoms with Crippen molar-refractivity contribution in [2.24, 2.45) is 0 Å². The normalized spacial score (nSPS) is 10.9. The lowest BCUT2D eigenvalue weighted by molar-refractivity contribution is -0.109. The van der Waals surface area contributed by atoms with Gasteiger partial charge in [-0.1, -0.05) is 47.1 Å². The number of carbonyl (C=O) groups excluding carboxylic acids is 1. The summed E-state index contributed by atoms with van der Waals surface area (Å²) in [6.07, 6.45) is 6.71. The number of nitrogens with zero attached hydrogens (tertiary/aromatic N) is 1. The molecule has 1 rings (SSSR count). The number of aromatic nitrogens is 1. The van der Waals surface area contributed by atoms with E-state index < -0.39 is 0 Å². The highest BCUT2D eigenvalue weighted by Crippen LogP contribution is 2.24. The lowest BCUT2D eigenvalue weighted by Crippen LogP contribution is -1.83. The van der Waals surface area contributed by atoms with Crippen LogP contribution in [0.4, 0.5) is 0 Å². The molecule has 1 aromatic heterocycles. The molecule has 0 aromatic carbocycles. The van der Waals surface area contributed by atoms with Gasteiger partial charge in [0.15, 0.2) is 5.12 Å². The van der Waals surface area contributed by atoms with Gasteiger partial charge in [0.05, 0.1) is 10.0 Å². The van der Waals surface area contributed by atoms with E-state index in [1.165, 1.54) is 31.1 Å². The van der Waals surface area contributed by atoms with Crippen molar-refractivity contribution in [2.45, 2.75) is 6.92 Å². The van der Waals surface area contributed by atoms with Crippen molar-refractivity contribution in [1.82, 2.24) is 4.98 Å². The van der Waals surface area contributed by atoms with E-state index in [0.29, 0.717) is 15.8 Å². The Morgan fingerprint density at radius 3 is 2.60 bits per heavy atom. The Morgan fingerprint density at radius 2 is 2.07 bits per heavy atom. The van der Waals surface area contributed by atoms with Crippen molar-refractivity contribution in [1.29, 1.82) is 0 Å². The average molecular weight is 262 g/mol. The maximum absolute atomic E-state index is 10.7. The molecular weight excluding hydrogens is 253 g/mol. The third kappa shape index (κ3) is 4.24. The monoisotopic (exact) mass is 261 g/mol. The van der Waals surface area contributed by atoms with Crippen molar-refractivity contribution in [2.75, 3.05) is 5.75 Å². The first-order valence-electron chi connectivity index (χ1n) is 4.20. The minimum absolute atomic E-state index is 0.0894. The molecule has 0 saturated carbocycles.